The summed E-state index contributed by atoms with van der Waals surface area (Å²) >= 11 is 0. The minimum Gasteiger partial charge on any atom is -0.481 e. The van der Waals surface area contributed by atoms with Gasteiger partial charge in [-0.2, -0.15) is 0 Å². The van der Waals surface area contributed by atoms with E-state index in [1.807, 2.05) is 0 Å². The van der Waals surface area contributed by atoms with Gasteiger partial charge in [0.25, 0.3) is 5.09 Å². The lowest BCUT2D eigenvalue weighted by Gasteiger charge is -2.33. The fourth-order valence-corrected chi connectivity index (χ4v) is 1.83. The first-order valence-electron chi connectivity index (χ1n) is 4.48. The number of carboxylic acids is 1. The zero-order valence-electron chi connectivity index (χ0n) is 7.93. The molecule has 1 fully saturated rings. The average molecular weight is 203 g/mol. The van der Waals surface area contributed by atoms with E-state index in [4.69, 9.17) is 5.11 Å². The van der Waals surface area contributed by atoms with Gasteiger partial charge in [0.15, 0.2) is 0 Å². The summed E-state index contributed by atoms with van der Waals surface area (Å²) < 4.78 is 0. The van der Waals surface area contributed by atoms with Crippen molar-refractivity contribution in [2.75, 3.05) is 0 Å². The first kappa shape index (κ1) is 10.7. The van der Waals surface area contributed by atoms with Gasteiger partial charge in [0.1, 0.15) is 6.10 Å². The van der Waals surface area contributed by atoms with Crippen molar-refractivity contribution in [1.29, 1.82) is 0 Å². The minimum atomic E-state index is -0.908. The second kappa shape index (κ2) is 3.81. The maximum absolute atomic E-state index is 10.9. The zero-order valence-corrected chi connectivity index (χ0v) is 7.93. The Morgan fingerprint density at radius 1 is 1.71 bits per heavy atom. The van der Waals surface area contributed by atoms with Gasteiger partial charge in [-0.1, -0.05) is 6.42 Å². The highest BCUT2D eigenvalue weighted by atomic mass is 17.0. The number of carbonyl (C=O) groups is 1. The summed E-state index contributed by atoms with van der Waals surface area (Å²) in [6, 6.07) is 0. The van der Waals surface area contributed by atoms with E-state index in [9.17, 15) is 14.9 Å². The lowest BCUT2D eigenvalue weighted by Crippen LogP contribution is -2.37. The molecule has 1 aliphatic carbocycles. The highest BCUT2D eigenvalue weighted by Crippen LogP contribution is 2.37. The lowest BCUT2D eigenvalue weighted by molar-refractivity contribution is -0.769. The van der Waals surface area contributed by atoms with Gasteiger partial charge in [0.05, 0.1) is 5.41 Å². The summed E-state index contributed by atoms with van der Waals surface area (Å²) in [6.07, 6.45) is 1.41. The summed E-state index contributed by atoms with van der Waals surface area (Å²) in [5, 5.41) is 18.2. The maximum Gasteiger partial charge on any atom is 0.309 e. The van der Waals surface area contributed by atoms with Crippen LogP contribution in [0.25, 0.3) is 0 Å². The average Bonchev–Trinajstić information content (AvgIpc) is 2.02. The monoisotopic (exact) mass is 203 g/mol. The predicted molar refractivity (Wildman–Crippen MR) is 46.1 cm³/mol. The summed E-state index contributed by atoms with van der Waals surface area (Å²) in [6.45, 7) is 1.60. The number of hydrogen-bond donors (Lipinski definition) is 1. The Balaban J connectivity index is 2.59. The van der Waals surface area contributed by atoms with E-state index < -0.39 is 22.6 Å². The molecular formula is C8H13NO5. The van der Waals surface area contributed by atoms with Crippen molar-refractivity contribution in [1.82, 2.24) is 0 Å². The molecule has 1 N–H and O–H groups in total. The fraction of sp³-hybridized carbons (Fsp3) is 0.875. The molecule has 1 saturated carbocycles. The quantitative estimate of drug-likeness (QED) is 0.550. The number of carboxylic acid groups (broad SMARTS) is 1. The standard InChI is InChI=1S/C8H13NO5/c1-8(7(10)11)4-2-3-6(5-8)14-9(12)13/h6H,2-5H2,1H3,(H,10,11). The molecule has 0 spiro atoms. The number of nitrogens with zero attached hydrogens (tertiary/aromatic N) is 1. The Bertz CT molecular complexity index is 254. The summed E-state index contributed by atoms with van der Waals surface area (Å²) in [4.78, 5) is 25.4. The van der Waals surface area contributed by atoms with Crippen LogP contribution in [0.5, 0.6) is 0 Å². The highest BCUT2D eigenvalue weighted by molar-refractivity contribution is 5.74. The third-order valence-corrected chi connectivity index (χ3v) is 2.68. The van der Waals surface area contributed by atoms with Crippen LogP contribution in [-0.2, 0) is 9.63 Å². The normalized spacial score (nSPS) is 32.2. The van der Waals surface area contributed by atoms with Crippen molar-refractivity contribution in [2.45, 2.75) is 38.7 Å². The minimum absolute atomic E-state index is 0.212. The Morgan fingerprint density at radius 2 is 2.36 bits per heavy atom. The number of hydrogen-bond acceptors (Lipinski definition) is 4. The molecule has 0 aromatic heterocycles. The molecule has 0 amide bonds. The molecule has 0 aromatic carbocycles. The molecule has 14 heavy (non-hydrogen) atoms. The SMILES string of the molecule is CC1(C(=O)O)CCCC(O[N+](=O)[O-])C1. The van der Waals surface area contributed by atoms with Gasteiger partial charge in [-0.3, -0.25) is 4.79 Å². The lowest BCUT2D eigenvalue weighted by atomic mass is 9.74. The maximum atomic E-state index is 10.9. The van der Waals surface area contributed by atoms with Crippen molar-refractivity contribution >= 4 is 5.97 Å². The third kappa shape index (κ3) is 2.34. The van der Waals surface area contributed by atoms with Crippen LogP contribution in [0.3, 0.4) is 0 Å². The van der Waals surface area contributed by atoms with E-state index >= 15 is 0 Å². The summed E-state index contributed by atoms with van der Waals surface area (Å²) in [5.41, 5.74) is -0.876. The van der Waals surface area contributed by atoms with Gasteiger partial charge >= 0.3 is 5.97 Å². The molecule has 0 bridgehead atoms. The van der Waals surface area contributed by atoms with Crippen LogP contribution in [0.1, 0.15) is 32.6 Å². The predicted octanol–water partition coefficient (Wildman–Crippen LogP) is 1.23. The van der Waals surface area contributed by atoms with Crippen LogP contribution < -0.4 is 0 Å². The second-order valence-corrected chi connectivity index (χ2v) is 3.91. The van der Waals surface area contributed by atoms with Gasteiger partial charge in [-0.05, 0) is 26.2 Å². The molecule has 1 aliphatic rings. The molecule has 0 aromatic rings. The van der Waals surface area contributed by atoms with Crippen molar-refractivity contribution in [3.8, 4) is 0 Å². The van der Waals surface area contributed by atoms with Gasteiger partial charge < -0.3 is 9.94 Å². The topological polar surface area (TPSA) is 89.7 Å². The van der Waals surface area contributed by atoms with E-state index in [1.165, 1.54) is 0 Å². The van der Waals surface area contributed by atoms with E-state index in [-0.39, 0.29) is 6.42 Å². The van der Waals surface area contributed by atoms with E-state index in [1.54, 1.807) is 6.92 Å². The molecular weight excluding hydrogens is 190 g/mol. The molecule has 80 valence electrons. The summed E-state index contributed by atoms with van der Waals surface area (Å²) in [7, 11) is 0. The van der Waals surface area contributed by atoms with Gasteiger partial charge in [0.2, 0.25) is 0 Å². The first-order chi connectivity index (χ1) is 6.44. The van der Waals surface area contributed by atoms with E-state index in [0.717, 1.165) is 0 Å². The number of rotatable bonds is 3. The third-order valence-electron chi connectivity index (χ3n) is 2.68. The van der Waals surface area contributed by atoms with Crippen LogP contribution in [0, 0.1) is 15.5 Å². The van der Waals surface area contributed by atoms with Crippen molar-refractivity contribution < 1.29 is 19.8 Å². The Kier molecular flexibility index (Phi) is 2.93. The van der Waals surface area contributed by atoms with Gasteiger partial charge in [0, 0.05) is 0 Å². The second-order valence-electron chi connectivity index (χ2n) is 3.91. The zero-order chi connectivity index (χ0) is 10.8. The van der Waals surface area contributed by atoms with E-state index in [2.05, 4.69) is 4.84 Å². The molecule has 0 aliphatic heterocycles. The number of aliphatic carboxylic acids is 1. The molecule has 6 nitrogen and oxygen atoms in total. The first-order valence-corrected chi connectivity index (χ1v) is 4.48. The summed E-state index contributed by atoms with van der Waals surface area (Å²) in [5.74, 6) is -0.908. The van der Waals surface area contributed by atoms with Crippen molar-refractivity contribution in [2.24, 2.45) is 5.41 Å². The van der Waals surface area contributed by atoms with Crippen LogP contribution in [0.15, 0.2) is 0 Å². The molecule has 6 heteroatoms. The molecule has 1 rings (SSSR count). The van der Waals surface area contributed by atoms with Crippen LogP contribution in [-0.4, -0.2) is 22.3 Å². The molecule has 2 atom stereocenters. The van der Waals surface area contributed by atoms with Gasteiger partial charge in [-0.15, -0.1) is 10.1 Å². The largest absolute Gasteiger partial charge is 0.481 e. The Hall–Kier alpha value is -1.33. The van der Waals surface area contributed by atoms with Crippen LogP contribution in [0.4, 0.5) is 0 Å². The molecule has 0 heterocycles. The Morgan fingerprint density at radius 3 is 2.86 bits per heavy atom. The van der Waals surface area contributed by atoms with Gasteiger partial charge in [-0.25, -0.2) is 0 Å². The Labute approximate surface area is 81.0 Å². The van der Waals surface area contributed by atoms with Crippen LogP contribution >= 0.6 is 0 Å². The smallest absolute Gasteiger partial charge is 0.309 e. The fourth-order valence-electron chi connectivity index (χ4n) is 1.83. The molecule has 0 radical (unpaired) electrons. The molecule has 0 saturated heterocycles. The van der Waals surface area contributed by atoms with Crippen molar-refractivity contribution in [3.05, 3.63) is 10.1 Å². The van der Waals surface area contributed by atoms with Crippen molar-refractivity contribution in [3.63, 3.8) is 0 Å². The van der Waals surface area contributed by atoms with E-state index in [0.29, 0.717) is 19.3 Å². The highest BCUT2D eigenvalue weighted by Gasteiger charge is 2.39. The van der Waals surface area contributed by atoms with Crippen LogP contribution in [0.2, 0.25) is 0 Å². The molecule has 2 unspecified atom stereocenters.